The van der Waals surface area contributed by atoms with Crippen LogP contribution in [-0.2, 0) is 28.5 Å². The predicted molar refractivity (Wildman–Crippen MR) is 131 cm³/mol. The summed E-state index contributed by atoms with van der Waals surface area (Å²) in [6.07, 6.45) is -8.85. The summed E-state index contributed by atoms with van der Waals surface area (Å²) in [5.74, 6) is -2.53. The number of allylic oxidation sites excluding steroid dienone is 1. The molecule has 2 heterocycles. The molecule has 0 spiro atoms. The third-order valence-corrected chi connectivity index (χ3v) is 8.58. The van der Waals surface area contributed by atoms with Crippen LogP contribution in [0.15, 0.2) is 35.6 Å². The van der Waals surface area contributed by atoms with Crippen molar-refractivity contribution in [1.29, 1.82) is 0 Å². The SMILES string of the molecule is C=C1CC(OC(=O)C(O)C(C)CC)C2C(=C)C(=O)OC2C2C(C)=C(OC3OC(CO)C(O)C(O)C3O)CC12. The molecule has 4 rings (SSSR count). The van der Waals surface area contributed by atoms with Crippen molar-refractivity contribution in [3.8, 4) is 0 Å². The number of aliphatic hydroxyl groups is 5. The predicted octanol–water partition coefficient (Wildman–Crippen LogP) is 0.0895. The molecule has 12 unspecified atom stereocenters. The zero-order valence-electron chi connectivity index (χ0n) is 21.9. The molecule has 11 heteroatoms. The molecular formula is C27H38O11. The molecule has 2 aliphatic carbocycles. The van der Waals surface area contributed by atoms with Crippen molar-refractivity contribution < 1.29 is 54.1 Å². The molecule has 0 aromatic carbocycles. The molecule has 0 bridgehead atoms. The van der Waals surface area contributed by atoms with Crippen molar-refractivity contribution in [1.82, 2.24) is 0 Å². The fourth-order valence-electron chi connectivity index (χ4n) is 5.96. The maximum absolute atomic E-state index is 12.7. The number of carbonyl (C=O) groups excluding carboxylic acids is 2. The lowest BCUT2D eigenvalue weighted by molar-refractivity contribution is -0.292. The molecule has 0 aromatic heterocycles. The highest BCUT2D eigenvalue weighted by Gasteiger charge is 2.56. The van der Waals surface area contributed by atoms with E-state index < -0.39 is 79.4 Å². The Kier molecular flexibility index (Phi) is 8.37. The van der Waals surface area contributed by atoms with Gasteiger partial charge in [0.2, 0.25) is 6.29 Å². The van der Waals surface area contributed by atoms with Gasteiger partial charge in [-0.1, -0.05) is 39.0 Å². The zero-order chi connectivity index (χ0) is 28.0. The summed E-state index contributed by atoms with van der Waals surface area (Å²) in [6, 6.07) is 0. The van der Waals surface area contributed by atoms with Gasteiger partial charge in [-0.3, -0.25) is 0 Å². The summed E-state index contributed by atoms with van der Waals surface area (Å²) in [6.45, 7) is 12.9. The summed E-state index contributed by atoms with van der Waals surface area (Å²) >= 11 is 0. The fourth-order valence-corrected chi connectivity index (χ4v) is 5.96. The standard InChI is InChI=1S/C27H38O11/c1-6-10(2)20(29)26(34)35-16-7-11(3)14-8-15(12(4)18(14)24-19(16)13(5)25(33)38-24)36-27-23(32)22(31)21(30)17(9-28)37-27/h10,14,16-24,27-32H,3,5-9H2,1-2,4H3. The Labute approximate surface area is 221 Å². The van der Waals surface area contributed by atoms with E-state index in [1.165, 1.54) is 0 Å². The van der Waals surface area contributed by atoms with E-state index in [0.717, 1.165) is 5.57 Å². The minimum absolute atomic E-state index is 0.176. The van der Waals surface area contributed by atoms with Gasteiger partial charge < -0.3 is 44.5 Å². The Morgan fingerprint density at radius 2 is 1.82 bits per heavy atom. The van der Waals surface area contributed by atoms with Crippen molar-refractivity contribution >= 4 is 11.9 Å². The molecule has 0 radical (unpaired) electrons. The van der Waals surface area contributed by atoms with E-state index in [9.17, 15) is 35.1 Å². The molecule has 0 aromatic rings. The maximum Gasteiger partial charge on any atom is 0.335 e. The quantitative estimate of drug-likeness (QED) is 0.169. The van der Waals surface area contributed by atoms with Gasteiger partial charge in [0.1, 0.15) is 36.6 Å². The van der Waals surface area contributed by atoms with Gasteiger partial charge in [-0.15, -0.1) is 0 Å². The van der Waals surface area contributed by atoms with Crippen LogP contribution >= 0.6 is 0 Å². The second-order valence-electron chi connectivity index (χ2n) is 10.8. The van der Waals surface area contributed by atoms with E-state index in [2.05, 4.69) is 13.2 Å². The first-order valence-electron chi connectivity index (χ1n) is 13.0. The lowest BCUT2D eigenvalue weighted by Crippen LogP contribution is -2.59. The van der Waals surface area contributed by atoms with Crippen LogP contribution in [0.1, 0.15) is 40.0 Å². The number of aliphatic hydroxyl groups excluding tert-OH is 5. The monoisotopic (exact) mass is 538 g/mol. The number of rotatable bonds is 7. The van der Waals surface area contributed by atoms with Crippen LogP contribution in [0.2, 0.25) is 0 Å². The third kappa shape index (κ3) is 4.91. The molecule has 12 atom stereocenters. The number of fused-ring (bicyclic) bond motifs is 3. The van der Waals surface area contributed by atoms with Gasteiger partial charge >= 0.3 is 11.9 Å². The fraction of sp³-hybridized carbons (Fsp3) is 0.704. The molecule has 38 heavy (non-hydrogen) atoms. The molecular weight excluding hydrogens is 500 g/mol. The molecule has 11 nitrogen and oxygen atoms in total. The maximum atomic E-state index is 12.7. The second-order valence-corrected chi connectivity index (χ2v) is 10.8. The lowest BCUT2D eigenvalue weighted by atomic mass is 9.80. The molecule has 5 N–H and O–H groups in total. The van der Waals surface area contributed by atoms with Gasteiger partial charge in [0, 0.05) is 24.3 Å². The van der Waals surface area contributed by atoms with E-state index in [1.54, 1.807) is 13.8 Å². The number of ether oxygens (including phenoxy) is 4. The zero-order valence-corrected chi connectivity index (χ0v) is 21.9. The Hall–Kier alpha value is -2.28. The highest BCUT2D eigenvalue weighted by Crippen LogP contribution is 2.53. The minimum atomic E-state index is -1.58. The Bertz CT molecular complexity index is 1000. The third-order valence-electron chi connectivity index (χ3n) is 8.58. The van der Waals surface area contributed by atoms with Gasteiger partial charge in [-0.2, -0.15) is 0 Å². The van der Waals surface area contributed by atoms with Gasteiger partial charge in [0.15, 0.2) is 6.10 Å². The van der Waals surface area contributed by atoms with E-state index in [4.69, 9.17) is 18.9 Å². The average molecular weight is 539 g/mol. The smallest absolute Gasteiger partial charge is 0.335 e. The van der Waals surface area contributed by atoms with Crippen molar-refractivity contribution in [3.63, 3.8) is 0 Å². The number of hydrogen-bond donors (Lipinski definition) is 5. The lowest BCUT2D eigenvalue weighted by Gasteiger charge is -2.40. The van der Waals surface area contributed by atoms with Crippen LogP contribution < -0.4 is 0 Å². The number of carbonyl (C=O) groups is 2. The molecule has 3 fully saturated rings. The number of esters is 2. The van der Waals surface area contributed by atoms with Gasteiger partial charge in [0.05, 0.1) is 18.3 Å². The summed E-state index contributed by atoms with van der Waals surface area (Å²) < 4.78 is 23.0. The molecule has 4 aliphatic rings. The largest absolute Gasteiger partial charge is 0.466 e. The average Bonchev–Trinajstić information content (AvgIpc) is 3.33. The Morgan fingerprint density at radius 1 is 1.13 bits per heavy atom. The van der Waals surface area contributed by atoms with E-state index >= 15 is 0 Å². The first-order chi connectivity index (χ1) is 17.9. The topological polar surface area (TPSA) is 172 Å². The van der Waals surface area contributed by atoms with Crippen LogP contribution in [-0.4, -0.2) is 93.1 Å². The molecule has 1 saturated carbocycles. The van der Waals surface area contributed by atoms with Crippen molar-refractivity contribution in [2.75, 3.05) is 6.61 Å². The Balaban J connectivity index is 1.60. The molecule has 2 aliphatic heterocycles. The molecule has 2 saturated heterocycles. The van der Waals surface area contributed by atoms with E-state index in [0.29, 0.717) is 24.2 Å². The van der Waals surface area contributed by atoms with Crippen LogP contribution in [0.25, 0.3) is 0 Å². The van der Waals surface area contributed by atoms with Crippen molar-refractivity contribution in [2.45, 2.75) is 89.1 Å². The van der Waals surface area contributed by atoms with Crippen molar-refractivity contribution in [2.24, 2.45) is 23.7 Å². The van der Waals surface area contributed by atoms with Gasteiger partial charge in [0.25, 0.3) is 0 Å². The summed E-state index contributed by atoms with van der Waals surface area (Å²) in [7, 11) is 0. The van der Waals surface area contributed by atoms with E-state index in [1.807, 2.05) is 6.92 Å². The van der Waals surface area contributed by atoms with Crippen molar-refractivity contribution in [3.05, 3.63) is 35.6 Å². The Morgan fingerprint density at radius 3 is 2.45 bits per heavy atom. The summed E-state index contributed by atoms with van der Waals surface area (Å²) in [5, 5.41) is 50.5. The highest BCUT2D eigenvalue weighted by atomic mass is 16.7. The van der Waals surface area contributed by atoms with Crippen LogP contribution in [0.3, 0.4) is 0 Å². The number of hydrogen-bond acceptors (Lipinski definition) is 11. The summed E-state index contributed by atoms with van der Waals surface area (Å²) in [5.41, 5.74) is 1.61. The van der Waals surface area contributed by atoms with Crippen LogP contribution in [0.5, 0.6) is 0 Å². The normalized spacial score (nSPS) is 40.7. The minimum Gasteiger partial charge on any atom is -0.466 e. The van der Waals surface area contributed by atoms with Gasteiger partial charge in [-0.25, -0.2) is 9.59 Å². The highest BCUT2D eigenvalue weighted by molar-refractivity contribution is 5.91. The summed E-state index contributed by atoms with van der Waals surface area (Å²) in [4.78, 5) is 25.4. The molecule has 212 valence electrons. The van der Waals surface area contributed by atoms with Crippen LogP contribution in [0.4, 0.5) is 0 Å². The van der Waals surface area contributed by atoms with Crippen LogP contribution in [0, 0.1) is 23.7 Å². The van der Waals surface area contributed by atoms with E-state index in [-0.39, 0.29) is 23.8 Å². The van der Waals surface area contributed by atoms with Gasteiger partial charge in [-0.05, 0) is 24.3 Å². The molecule has 0 amide bonds. The second kappa shape index (κ2) is 11.1. The first kappa shape index (κ1) is 28.7. The first-order valence-corrected chi connectivity index (χ1v) is 13.0.